The van der Waals surface area contributed by atoms with Gasteiger partial charge >= 0.3 is 6.03 Å². The third-order valence-corrected chi connectivity index (χ3v) is 3.86. The van der Waals surface area contributed by atoms with Gasteiger partial charge in [0, 0.05) is 18.1 Å². The lowest BCUT2D eigenvalue weighted by molar-refractivity contribution is 0.123. The van der Waals surface area contributed by atoms with Crippen LogP contribution >= 0.6 is 11.6 Å². The Balaban J connectivity index is 1.85. The molecule has 5 heteroatoms. The fourth-order valence-corrected chi connectivity index (χ4v) is 2.97. The average Bonchev–Trinajstić information content (AvgIpc) is 2.40. The second kappa shape index (κ2) is 7.03. The number of benzene rings is 1. The Hall–Kier alpha value is -1.42. The van der Waals surface area contributed by atoms with Crippen LogP contribution in [0.2, 0.25) is 5.02 Å². The topological polar surface area (TPSA) is 41.6 Å². The van der Waals surface area contributed by atoms with E-state index in [-0.39, 0.29) is 12.3 Å². The number of likely N-dealkylation sites (tertiary alicyclic amines) is 1. The first-order valence-corrected chi connectivity index (χ1v) is 7.79. The zero-order chi connectivity index (χ0) is 15.4. The summed E-state index contributed by atoms with van der Waals surface area (Å²) in [5, 5.41) is 3.55. The molecule has 2 rings (SSSR count). The molecule has 1 aliphatic heterocycles. The first kappa shape index (κ1) is 16.0. The maximum atomic E-state index is 12.3. The number of carbonyl (C=O) groups excluding carboxylic acids is 1. The highest BCUT2D eigenvalue weighted by Crippen LogP contribution is 2.21. The van der Waals surface area contributed by atoms with Gasteiger partial charge in [-0.1, -0.05) is 25.4 Å². The number of carbonyl (C=O) groups is 1. The Morgan fingerprint density at radius 3 is 2.43 bits per heavy atom. The van der Waals surface area contributed by atoms with Gasteiger partial charge in [0.25, 0.3) is 0 Å². The van der Waals surface area contributed by atoms with Gasteiger partial charge in [-0.05, 0) is 49.4 Å². The maximum absolute atomic E-state index is 12.3. The van der Waals surface area contributed by atoms with Gasteiger partial charge in [-0.15, -0.1) is 0 Å². The molecule has 21 heavy (non-hydrogen) atoms. The summed E-state index contributed by atoms with van der Waals surface area (Å²) in [5.41, 5.74) is 0. The number of urea groups is 1. The van der Waals surface area contributed by atoms with Crippen LogP contribution in [0.25, 0.3) is 0 Å². The zero-order valence-corrected chi connectivity index (χ0v) is 13.6. The normalized spacial score (nSPS) is 23.5. The van der Waals surface area contributed by atoms with Crippen LogP contribution in [0, 0.1) is 11.8 Å². The van der Waals surface area contributed by atoms with Gasteiger partial charge in [0.15, 0.2) is 6.23 Å². The van der Waals surface area contributed by atoms with Crippen molar-refractivity contribution in [2.75, 3.05) is 13.1 Å². The van der Waals surface area contributed by atoms with E-state index in [0.717, 1.165) is 13.1 Å². The summed E-state index contributed by atoms with van der Waals surface area (Å²) in [4.78, 5) is 14.1. The van der Waals surface area contributed by atoms with Crippen LogP contribution in [0.3, 0.4) is 0 Å². The fraction of sp³-hybridized carbons (Fsp3) is 0.562. The van der Waals surface area contributed by atoms with Crippen molar-refractivity contribution < 1.29 is 9.53 Å². The first-order valence-electron chi connectivity index (χ1n) is 7.41. The number of amides is 2. The number of hydrogen-bond acceptors (Lipinski definition) is 2. The number of nitrogens with zero attached hydrogens (tertiary/aromatic N) is 1. The van der Waals surface area contributed by atoms with Crippen molar-refractivity contribution in [1.29, 1.82) is 0 Å². The smallest absolute Gasteiger partial charge is 0.320 e. The highest BCUT2D eigenvalue weighted by molar-refractivity contribution is 6.30. The van der Waals surface area contributed by atoms with Gasteiger partial charge in [0.05, 0.1) is 0 Å². The molecule has 0 spiro atoms. The van der Waals surface area contributed by atoms with E-state index in [1.165, 1.54) is 6.42 Å². The number of piperidine rings is 1. The average molecular weight is 311 g/mol. The van der Waals surface area contributed by atoms with E-state index in [1.54, 1.807) is 24.3 Å². The molecule has 3 atom stereocenters. The monoisotopic (exact) mass is 310 g/mol. The molecular weight excluding hydrogens is 288 g/mol. The van der Waals surface area contributed by atoms with E-state index in [2.05, 4.69) is 19.2 Å². The molecule has 1 N–H and O–H groups in total. The molecule has 0 aromatic heterocycles. The largest absolute Gasteiger partial charge is 0.471 e. The molecule has 1 fully saturated rings. The van der Waals surface area contributed by atoms with Crippen LogP contribution in [0.1, 0.15) is 27.2 Å². The summed E-state index contributed by atoms with van der Waals surface area (Å²) in [5.74, 6) is 1.78. The summed E-state index contributed by atoms with van der Waals surface area (Å²) < 4.78 is 5.67. The lowest BCUT2D eigenvalue weighted by Gasteiger charge is -2.35. The minimum atomic E-state index is -0.383. The van der Waals surface area contributed by atoms with Gasteiger partial charge in [-0.25, -0.2) is 4.79 Å². The third-order valence-electron chi connectivity index (χ3n) is 3.61. The molecule has 3 unspecified atom stereocenters. The lowest BCUT2D eigenvalue weighted by Crippen LogP contribution is -2.50. The molecule has 0 bridgehead atoms. The second-order valence-electron chi connectivity index (χ2n) is 6.01. The van der Waals surface area contributed by atoms with Crippen LogP contribution in [0.5, 0.6) is 5.75 Å². The summed E-state index contributed by atoms with van der Waals surface area (Å²) in [6.07, 6.45) is 0.798. The first-order chi connectivity index (χ1) is 9.94. The van der Waals surface area contributed by atoms with Gasteiger partial charge in [-0.3, -0.25) is 0 Å². The minimum Gasteiger partial charge on any atom is -0.471 e. The molecule has 1 aliphatic rings. The third kappa shape index (κ3) is 4.81. The summed E-state index contributed by atoms with van der Waals surface area (Å²) >= 11 is 5.83. The Morgan fingerprint density at radius 2 is 1.86 bits per heavy atom. The van der Waals surface area contributed by atoms with Gasteiger partial charge in [0.1, 0.15) is 5.75 Å². The van der Waals surface area contributed by atoms with Crippen molar-refractivity contribution in [3.8, 4) is 5.75 Å². The van der Waals surface area contributed by atoms with Gasteiger partial charge < -0.3 is 15.0 Å². The predicted octanol–water partition coefficient (Wildman–Crippen LogP) is 3.75. The standard InChI is InChI=1S/C16H23ClN2O2/c1-11-8-12(2)10-19(9-11)16(20)18-13(3)21-15-6-4-14(17)5-7-15/h4-7,11-13H,8-10H2,1-3H3,(H,18,20). The van der Waals surface area contributed by atoms with Crippen molar-refractivity contribution in [2.45, 2.75) is 33.4 Å². The molecule has 0 aliphatic carbocycles. The molecule has 116 valence electrons. The highest BCUT2D eigenvalue weighted by Gasteiger charge is 2.26. The van der Waals surface area contributed by atoms with Crippen molar-refractivity contribution in [3.05, 3.63) is 29.3 Å². The number of halogens is 1. The van der Waals surface area contributed by atoms with Crippen LogP contribution in [-0.2, 0) is 0 Å². The van der Waals surface area contributed by atoms with Gasteiger partial charge in [0.2, 0.25) is 0 Å². The van der Waals surface area contributed by atoms with Crippen molar-refractivity contribution in [3.63, 3.8) is 0 Å². The molecule has 1 heterocycles. The molecule has 1 saturated heterocycles. The van der Waals surface area contributed by atoms with E-state index >= 15 is 0 Å². The Morgan fingerprint density at radius 1 is 1.29 bits per heavy atom. The molecule has 2 amide bonds. The SMILES string of the molecule is CC1CC(C)CN(C(=O)NC(C)Oc2ccc(Cl)cc2)C1. The number of ether oxygens (including phenoxy) is 1. The molecule has 1 aromatic carbocycles. The predicted molar refractivity (Wildman–Crippen MR) is 84.6 cm³/mol. The zero-order valence-electron chi connectivity index (χ0n) is 12.8. The van der Waals surface area contributed by atoms with E-state index < -0.39 is 0 Å². The van der Waals surface area contributed by atoms with E-state index in [4.69, 9.17) is 16.3 Å². The second-order valence-corrected chi connectivity index (χ2v) is 6.45. The summed E-state index contributed by atoms with van der Waals surface area (Å²) in [6.45, 7) is 7.81. The quantitative estimate of drug-likeness (QED) is 0.864. The van der Waals surface area contributed by atoms with Crippen molar-refractivity contribution >= 4 is 17.6 Å². The number of hydrogen-bond donors (Lipinski definition) is 1. The lowest BCUT2D eigenvalue weighted by atomic mass is 9.92. The number of rotatable bonds is 3. The van der Waals surface area contributed by atoms with Crippen LogP contribution in [0.4, 0.5) is 4.79 Å². The summed E-state index contributed by atoms with van der Waals surface area (Å²) in [6, 6.07) is 7.04. The molecule has 1 aromatic rings. The minimum absolute atomic E-state index is 0.0603. The Kier molecular flexibility index (Phi) is 5.34. The van der Waals surface area contributed by atoms with Crippen LogP contribution in [-0.4, -0.2) is 30.2 Å². The van der Waals surface area contributed by atoms with Crippen molar-refractivity contribution in [2.24, 2.45) is 11.8 Å². The fourth-order valence-electron chi connectivity index (χ4n) is 2.84. The maximum Gasteiger partial charge on any atom is 0.320 e. The van der Waals surface area contributed by atoms with Crippen LogP contribution < -0.4 is 10.1 Å². The van der Waals surface area contributed by atoms with Crippen LogP contribution in [0.15, 0.2) is 24.3 Å². The van der Waals surface area contributed by atoms with E-state index in [1.807, 2.05) is 11.8 Å². The van der Waals surface area contributed by atoms with Crippen molar-refractivity contribution in [1.82, 2.24) is 10.2 Å². The highest BCUT2D eigenvalue weighted by atomic mass is 35.5. The molecule has 0 saturated carbocycles. The van der Waals surface area contributed by atoms with Gasteiger partial charge in [-0.2, -0.15) is 0 Å². The molecular formula is C16H23ClN2O2. The number of nitrogens with one attached hydrogen (secondary N) is 1. The van der Waals surface area contributed by atoms with E-state index in [0.29, 0.717) is 22.6 Å². The van der Waals surface area contributed by atoms with E-state index in [9.17, 15) is 4.79 Å². The molecule has 4 nitrogen and oxygen atoms in total. The Labute approximate surface area is 131 Å². The summed E-state index contributed by atoms with van der Waals surface area (Å²) in [7, 11) is 0. The Bertz CT molecular complexity index is 468. The molecule has 0 radical (unpaired) electrons.